The van der Waals surface area contributed by atoms with Crippen molar-refractivity contribution < 1.29 is 0 Å². The van der Waals surface area contributed by atoms with Gasteiger partial charge in [-0.2, -0.15) is 0 Å². The molecule has 56 valence electrons. The molecule has 10 heavy (non-hydrogen) atoms. The van der Waals surface area contributed by atoms with Gasteiger partial charge in [-0.15, -0.1) is 0 Å². The molecule has 0 aliphatic carbocycles. The lowest BCUT2D eigenvalue weighted by molar-refractivity contribution is 0.644. The minimum atomic E-state index is 0.911. The molecule has 0 unspecified atom stereocenters. The van der Waals surface area contributed by atoms with Crippen molar-refractivity contribution in [1.82, 2.24) is 4.90 Å². The van der Waals surface area contributed by atoms with Gasteiger partial charge in [-0.25, -0.2) is 4.99 Å². The topological polar surface area (TPSA) is 28.0 Å². The summed E-state index contributed by atoms with van der Waals surface area (Å²) in [5, 5.41) is 0.911. The van der Waals surface area contributed by atoms with Gasteiger partial charge in [0.2, 0.25) is 0 Å². The first-order valence-corrected chi connectivity index (χ1v) is 4.15. The van der Waals surface area contributed by atoms with Crippen LogP contribution < -0.4 is 0 Å². The highest BCUT2D eigenvalue weighted by Gasteiger charge is 2.02. The van der Waals surface area contributed by atoms with E-state index in [4.69, 9.17) is 0 Å². The monoisotopic (exact) mass is 157 g/mol. The number of amidine groups is 1. The van der Waals surface area contributed by atoms with Gasteiger partial charge in [-0.3, -0.25) is 4.99 Å². The van der Waals surface area contributed by atoms with Crippen molar-refractivity contribution in [3.8, 4) is 0 Å². The summed E-state index contributed by atoms with van der Waals surface area (Å²) in [6.45, 7) is 0.921. The Morgan fingerprint density at radius 1 is 1.70 bits per heavy atom. The third-order valence-electron chi connectivity index (χ3n) is 0.969. The van der Waals surface area contributed by atoms with E-state index >= 15 is 0 Å². The normalized spacial score (nSPS) is 18.0. The molecule has 0 radical (unpaired) electrons. The van der Waals surface area contributed by atoms with Gasteiger partial charge in [-0.05, 0) is 0 Å². The van der Waals surface area contributed by atoms with E-state index in [-0.39, 0.29) is 0 Å². The molecule has 4 heteroatoms. The van der Waals surface area contributed by atoms with Gasteiger partial charge in [0.05, 0.1) is 12.9 Å². The van der Waals surface area contributed by atoms with Crippen molar-refractivity contribution in [2.75, 3.05) is 26.4 Å². The van der Waals surface area contributed by atoms with Gasteiger partial charge >= 0.3 is 0 Å². The van der Waals surface area contributed by atoms with Gasteiger partial charge in [0.15, 0.2) is 5.17 Å². The molecule has 0 fully saturated rings. The van der Waals surface area contributed by atoms with Crippen LogP contribution in [0.15, 0.2) is 9.98 Å². The van der Waals surface area contributed by atoms with Crippen molar-refractivity contribution in [3.05, 3.63) is 0 Å². The van der Waals surface area contributed by atoms with Crippen LogP contribution in [0.4, 0.5) is 0 Å². The third kappa shape index (κ3) is 2.39. The summed E-state index contributed by atoms with van der Waals surface area (Å²) in [5.74, 6) is 1.08. The number of hydrogen-bond acceptors (Lipinski definition) is 3. The lowest BCUT2D eigenvalue weighted by atomic mass is 10.8. The van der Waals surface area contributed by atoms with Crippen LogP contribution in [0.5, 0.6) is 0 Å². The Morgan fingerprint density at radius 3 is 3.00 bits per heavy atom. The second-order valence-corrected chi connectivity index (χ2v) is 3.28. The predicted octanol–water partition coefficient (Wildman–Crippen LogP) is 0.679. The minimum Gasteiger partial charge on any atom is -0.369 e. The first-order valence-electron chi connectivity index (χ1n) is 3.17. The fourth-order valence-corrected chi connectivity index (χ4v) is 1.24. The fraction of sp³-hybridized carbons (Fsp3) is 0.667. The Morgan fingerprint density at radius 2 is 2.50 bits per heavy atom. The first-order chi connectivity index (χ1) is 4.79. The molecule has 0 aromatic carbocycles. The number of hydrogen-bond donors (Lipinski definition) is 0. The van der Waals surface area contributed by atoms with Crippen molar-refractivity contribution in [1.29, 1.82) is 0 Å². The molecular formula is C6H11N3S. The van der Waals surface area contributed by atoms with E-state index in [1.165, 1.54) is 0 Å². The smallest absolute Gasteiger partial charge is 0.184 e. The molecule has 0 aromatic rings. The van der Waals surface area contributed by atoms with Crippen LogP contribution in [0.2, 0.25) is 0 Å². The summed E-state index contributed by atoms with van der Waals surface area (Å²) < 4.78 is 0. The number of thioether (sulfide) groups is 1. The van der Waals surface area contributed by atoms with Gasteiger partial charge in [0.25, 0.3) is 0 Å². The van der Waals surface area contributed by atoms with Gasteiger partial charge in [0, 0.05) is 19.8 Å². The molecule has 0 N–H and O–H groups in total. The minimum absolute atomic E-state index is 0.911. The van der Waals surface area contributed by atoms with Crippen LogP contribution in [0.25, 0.3) is 0 Å². The number of aliphatic imine (C=N–C) groups is 2. The van der Waals surface area contributed by atoms with E-state index in [2.05, 4.69) is 9.98 Å². The summed E-state index contributed by atoms with van der Waals surface area (Å²) in [6.07, 6.45) is 1.77. The molecule has 1 heterocycles. The van der Waals surface area contributed by atoms with Crippen molar-refractivity contribution >= 4 is 23.3 Å². The summed E-state index contributed by atoms with van der Waals surface area (Å²) in [6, 6.07) is 0. The van der Waals surface area contributed by atoms with Crippen LogP contribution in [0, 0.1) is 0 Å². The van der Waals surface area contributed by atoms with Crippen LogP contribution in [0.3, 0.4) is 0 Å². The van der Waals surface area contributed by atoms with Gasteiger partial charge < -0.3 is 4.90 Å². The number of rotatable bonds is 1. The lowest BCUT2D eigenvalue weighted by Crippen LogP contribution is -2.08. The van der Waals surface area contributed by atoms with E-state index in [0.717, 1.165) is 17.5 Å². The zero-order valence-electron chi connectivity index (χ0n) is 6.24. The maximum atomic E-state index is 4.16. The lowest BCUT2D eigenvalue weighted by Gasteiger charge is -2.00. The maximum Gasteiger partial charge on any atom is 0.184 e. The zero-order chi connectivity index (χ0) is 7.40. The highest BCUT2D eigenvalue weighted by Crippen LogP contribution is 2.11. The summed E-state index contributed by atoms with van der Waals surface area (Å²) in [5.41, 5.74) is 0. The third-order valence-corrected chi connectivity index (χ3v) is 1.85. The average molecular weight is 157 g/mol. The predicted molar refractivity (Wildman–Crippen MR) is 46.9 cm³/mol. The summed E-state index contributed by atoms with van der Waals surface area (Å²) >= 11 is 1.71. The first kappa shape index (κ1) is 7.60. The zero-order valence-corrected chi connectivity index (χ0v) is 7.06. The highest BCUT2D eigenvalue weighted by molar-refractivity contribution is 8.14. The quantitative estimate of drug-likeness (QED) is 0.413. The molecule has 0 aromatic heterocycles. The van der Waals surface area contributed by atoms with Crippen molar-refractivity contribution in [2.24, 2.45) is 9.98 Å². The van der Waals surface area contributed by atoms with Crippen LogP contribution in [-0.4, -0.2) is 42.8 Å². The molecule has 1 rings (SSSR count). The number of nitrogens with zero attached hydrogens (tertiary/aromatic N) is 3. The molecule has 0 atom stereocenters. The average Bonchev–Trinajstić information content (AvgIpc) is 2.34. The van der Waals surface area contributed by atoms with E-state index in [1.807, 2.05) is 19.0 Å². The fourth-order valence-electron chi connectivity index (χ4n) is 0.567. The molecule has 0 amide bonds. The molecule has 1 aliphatic rings. The molecule has 3 nitrogen and oxygen atoms in total. The van der Waals surface area contributed by atoms with E-state index in [9.17, 15) is 0 Å². The largest absolute Gasteiger partial charge is 0.369 e. The van der Waals surface area contributed by atoms with Crippen LogP contribution in [0.1, 0.15) is 0 Å². The Kier molecular flexibility index (Phi) is 2.74. The molecule has 0 saturated heterocycles. The second kappa shape index (κ2) is 3.61. The Balaban J connectivity index is 2.37. The van der Waals surface area contributed by atoms with Crippen LogP contribution >= 0.6 is 11.8 Å². The summed E-state index contributed by atoms with van der Waals surface area (Å²) in [4.78, 5) is 10.2. The van der Waals surface area contributed by atoms with E-state index < -0.39 is 0 Å². The Hall–Kier alpha value is -0.510. The van der Waals surface area contributed by atoms with Gasteiger partial charge in [0.1, 0.15) is 0 Å². The van der Waals surface area contributed by atoms with Gasteiger partial charge in [-0.1, -0.05) is 11.8 Å². The molecule has 0 spiro atoms. The molecule has 0 bridgehead atoms. The highest BCUT2D eigenvalue weighted by atomic mass is 32.2. The SMILES string of the molecule is CN(C)/C=N/C1=NCCS1. The standard InChI is InChI=1S/C6H11N3S/c1-9(2)5-8-6-7-3-4-10-6/h5H,3-4H2,1-2H3/b8-5+. The molecular weight excluding hydrogens is 146 g/mol. The Bertz CT molecular complexity index is 162. The van der Waals surface area contributed by atoms with E-state index in [0.29, 0.717) is 0 Å². The van der Waals surface area contributed by atoms with Crippen LogP contribution in [-0.2, 0) is 0 Å². The summed E-state index contributed by atoms with van der Waals surface area (Å²) in [7, 11) is 3.90. The second-order valence-electron chi connectivity index (χ2n) is 2.22. The van der Waals surface area contributed by atoms with Crippen molar-refractivity contribution in [2.45, 2.75) is 0 Å². The maximum absolute atomic E-state index is 4.16. The molecule has 1 aliphatic heterocycles. The van der Waals surface area contributed by atoms with E-state index in [1.54, 1.807) is 18.1 Å². The Labute approximate surface area is 65.2 Å². The molecule has 0 saturated carbocycles. The van der Waals surface area contributed by atoms with Crippen molar-refractivity contribution in [3.63, 3.8) is 0 Å².